The van der Waals surface area contributed by atoms with Crippen molar-refractivity contribution < 1.29 is 14.1 Å². The summed E-state index contributed by atoms with van der Waals surface area (Å²) in [6.07, 6.45) is 0.906. The zero-order chi connectivity index (χ0) is 15.9. The second-order valence-corrected chi connectivity index (χ2v) is 5.36. The summed E-state index contributed by atoms with van der Waals surface area (Å²) >= 11 is 5.83. The van der Waals surface area contributed by atoms with E-state index in [-0.39, 0.29) is 17.5 Å². The average molecular weight is 323 g/mol. The van der Waals surface area contributed by atoms with Gasteiger partial charge in [-0.2, -0.15) is 0 Å². The minimum absolute atomic E-state index is 0.107. The Balaban J connectivity index is 1.67. The molecule has 118 valence electrons. The van der Waals surface area contributed by atoms with Crippen LogP contribution in [0.1, 0.15) is 23.2 Å². The molecule has 0 aliphatic carbocycles. The van der Waals surface area contributed by atoms with Crippen LogP contribution < -0.4 is 10.1 Å². The first-order chi connectivity index (χ1) is 10.6. The van der Waals surface area contributed by atoms with E-state index in [1.807, 2.05) is 31.2 Å². The van der Waals surface area contributed by atoms with Gasteiger partial charge in [-0.3, -0.25) is 4.79 Å². The molecule has 1 aromatic heterocycles. The summed E-state index contributed by atoms with van der Waals surface area (Å²) in [4.78, 5) is 11.8. The summed E-state index contributed by atoms with van der Waals surface area (Å²) < 4.78 is 10.5. The van der Waals surface area contributed by atoms with Crippen molar-refractivity contribution in [3.8, 4) is 5.75 Å². The minimum Gasteiger partial charge on any atom is -0.493 e. The van der Waals surface area contributed by atoms with E-state index in [2.05, 4.69) is 10.5 Å². The second kappa shape index (κ2) is 7.84. The molecule has 0 radical (unpaired) electrons. The highest BCUT2D eigenvalue weighted by Gasteiger charge is 2.14. The zero-order valence-electron chi connectivity index (χ0n) is 12.7. The van der Waals surface area contributed by atoms with Crippen LogP contribution in [0.4, 0.5) is 0 Å². The van der Waals surface area contributed by atoms with Gasteiger partial charge in [0.05, 0.1) is 18.7 Å². The van der Waals surface area contributed by atoms with Crippen LogP contribution >= 0.6 is 11.6 Å². The lowest BCUT2D eigenvalue weighted by Crippen LogP contribution is -2.27. The van der Waals surface area contributed by atoms with Gasteiger partial charge in [-0.15, -0.1) is 0 Å². The van der Waals surface area contributed by atoms with Crippen molar-refractivity contribution >= 4 is 17.5 Å². The lowest BCUT2D eigenvalue weighted by Gasteiger charge is -2.09. The maximum atomic E-state index is 11.8. The molecule has 0 atom stereocenters. The number of carbonyl (C=O) groups excluding carboxylic acids is 1. The van der Waals surface area contributed by atoms with Gasteiger partial charge in [0, 0.05) is 12.1 Å². The summed E-state index contributed by atoms with van der Waals surface area (Å²) in [5.74, 6) is 0.768. The SMILES string of the molecule is Cc1ccccc1OCCCNC(=O)Cc1c(C)noc1Cl. The van der Waals surface area contributed by atoms with Crippen molar-refractivity contribution in [2.75, 3.05) is 13.2 Å². The third-order valence-electron chi connectivity index (χ3n) is 3.27. The number of rotatable bonds is 7. The van der Waals surface area contributed by atoms with Gasteiger partial charge in [0.15, 0.2) is 0 Å². The van der Waals surface area contributed by atoms with E-state index in [0.717, 1.165) is 17.7 Å². The van der Waals surface area contributed by atoms with Gasteiger partial charge in [-0.1, -0.05) is 23.4 Å². The molecule has 0 unspecified atom stereocenters. The summed E-state index contributed by atoms with van der Waals surface area (Å²) in [6.45, 7) is 4.86. The molecular weight excluding hydrogens is 304 g/mol. The first-order valence-electron chi connectivity index (χ1n) is 7.13. The molecule has 0 spiro atoms. The molecule has 1 aromatic carbocycles. The summed E-state index contributed by atoms with van der Waals surface area (Å²) in [5.41, 5.74) is 2.38. The predicted octanol–water partition coefficient (Wildman–Crippen LogP) is 3.07. The van der Waals surface area contributed by atoms with E-state index in [0.29, 0.717) is 24.4 Å². The Labute approximate surface area is 134 Å². The number of hydrogen-bond donors (Lipinski definition) is 1. The van der Waals surface area contributed by atoms with E-state index in [4.69, 9.17) is 20.9 Å². The minimum atomic E-state index is -0.107. The van der Waals surface area contributed by atoms with Gasteiger partial charge in [-0.25, -0.2) is 0 Å². The highest BCUT2D eigenvalue weighted by atomic mass is 35.5. The van der Waals surface area contributed by atoms with Crippen LogP contribution in [0.15, 0.2) is 28.8 Å². The van der Waals surface area contributed by atoms with Gasteiger partial charge in [0.2, 0.25) is 11.1 Å². The van der Waals surface area contributed by atoms with Gasteiger partial charge in [0.25, 0.3) is 0 Å². The molecule has 6 heteroatoms. The van der Waals surface area contributed by atoms with Crippen molar-refractivity contribution in [2.24, 2.45) is 0 Å². The van der Waals surface area contributed by atoms with Crippen molar-refractivity contribution in [2.45, 2.75) is 26.7 Å². The normalized spacial score (nSPS) is 10.5. The van der Waals surface area contributed by atoms with Gasteiger partial charge >= 0.3 is 0 Å². The fourth-order valence-corrected chi connectivity index (χ4v) is 2.22. The monoisotopic (exact) mass is 322 g/mol. The number of amides is 1. The number of nitrogens with zero attached hydrogens (tertiary/aromatic N) is 1. The van der Waals surface area contributed by atoms with E-state index < -0.39 is 0 Å². The maximum Gasteiger partial charge on any atom is 0.229 e. The van der Waals surface area contributed by atoms with Gasteiger partial charge < -0.3 is 14.6 Å². The molecule has 0 bridgehead atoms. The Morgan fingerprint density at radius 3 is 2.82 bits per heavy atom. The molecule has 2 rings (SSSR count). The summed E-state index contributed by atoms with van der Waals surface area (Å²) in [7, 11) is 0. The fraction of sp³-hybridized carbons (Fsp3) is 0.375. The highest BCUT2D eigenvalue weighted by Crippen LogP contribution is 2.19. The quantitative estimate of drug-likeness (QED) is 0.796. The molecule has 0 fully saturated rings. The number of halogens is 1. The molecule has 0 aliphatic rings. The predicted molar refractivity (Wildman–Crippen MR) is 84.3 cm³/mol. The van der Waals surface area contributed by atoms with E-state index in [9.17, 15) is 4.79 Å². The van der Waals surface area contributed by atoms with Crippen molar-refractivity contribution in [3.63, 3.8) is 0 Å². The van der Waals surface area contributed by atoms with Gasteiger partial charge in [-0.05, 0) is 43.5 Å². The molecule has 2 aromatic rings. The molecule has 22 heavy (non-hydrogen) atoms. The number of nitrogens with one attached hydrogen (secondary N) is 1. The summed E-state index contributed by atoms with van der Waals surface area (Å²) in [6, 6.07) is 7.85. The van der Waals surface area contributed by atoms with Crippen LogP contribution in [0.2, 0.25) is 5.22 Å². The van der Waals surface area contributed by atoms with Crippen LogP contribution in [-0.2, 0) is 11.2 Å². The topological polar surface area (TPSA) is 64.4 Å². The number of aryl methyl sites for hydroxylation is 2. The standard InChI is InChI=1S/C16H19ClN2O3/c1-11-6-3-4-7-14(11)21-9-5-8-18-15(20)10-13-12(2)19-22-16(13)17/h3-4,6-7H,5,8-10H2,1-2H3,(H,18,20). The lowest BCUT2D eigenvalue weighted by atomic mass is 10.2. The number of ether oxygens (including phenoxy) is 1. The van der Waals surface area contributed by atoms with Crippen molar-refractivity contribution in [3.05, 3.63) is 46.3 Å². The number of aromatic nitrogens is 1. The number of para-hydroxylation sites is 1. The van der Waals surface area contributed by atoms with Crippen LogP contribution in [-0.4, -0.2) is 24.2 Å². The number of carbonyl (C=O) groups is 1. The Bertz CT molecular complexity index is 621. The summed E-state index contributed by atoms with van der Waals surface area (Å²) in [5, 5.41) is 6.72. The molecule has 0 aliphatic heterocycles. The molecule has 0 saturated heterocycles. The molecule has 1 heterocycles. The first-order valence-corrected chi connectivity index (χ1v) is 7.51. The first kappa shape index (κ1) is 16.4. The molecule has 1 amide bonds. The Morgan fingerprint density at radius 1 is 1.36 bits per heavy atom. The van der Waals surface area contributed by atoms with E-state index in [1.54, 1.807) is 6.92 Å². The van der Waals surface area contributed by atoms with E-state index >= 15 is 0 Å². The van der Waals surface area contributed by atoms with Crippen LogP contribution in [0, 0.1) is 13.8 Å². The van der Waals surface area contributed by atoms with Gasteiger partial charge in [0.1, 0.15) is 5.75 Å². The Hall–Kier alpha value is -2.01. The van der Waals surface area contributed by atoms with Crippen molar-refractivity contribution in [1.29, 1.82) is 0 Å². The maximum absolute atomic E-state index is 11.8. The molecule has 5 nitrogen and oxygen atoms in total. The third-order valence-corrected chi connectivity index (χ3v) is 3.57. The fourth-order valence-electron chi connectivity index (χ4n) is 1.98. The lowest BCUT2D eigenvalue weighted by molar-refractivity contribution is -0.120. The molecule has 0 saturated carbocycles. The third kappa shape index (κ3) is 4.49. The number of benzene rings is 1. The van der Waals surface area contributed by atoms with E-state index in [1.165, 1.54) is 0 Å². The largest absolute Gasteiger partial charge is 0.493 e. The van der Waals surface area contributed by atoms with Crippen LogP contribution in [0.25, 0.3) is 0 Å². The average Bonchev–Trinajstić information content (AvgIpc) is 2.80. The second-order valence-electron chi connectivity index (χ2n) is 5.01. The molecule has 1 N–H and O–H groups in total. The zero-order valence-corrected chi connectivity index (χ0v) is 13.4. The Kier molecular flexibility index (Phi) is 5.83. The molecular formula is C16H19ClN2O3. The van der Waals surface area contributed by atoms with Crippen molar-refractivity contribution in [1.82, 2.24) is 10.5 Å². The Morgan fingerprint density at radius 2 is 2.14 bits per heavy atom. The number of hydrogen-bond acceptors (Lipinski definition) is 4. The van der Waals surface area contributed by atoms with Crippen LogP contribution in [0.3, 0.4) is 0 Å². The van der Waals surface area contributed by atoms with Crippen LogP contribution in [0.5, 0.6) is 5.75 Å². The highest BCUT2D eigenvalue weighted by molar-refractivity contribution is 6.29. The smallest absolute Gasteiger partial charge is 0.229 e.